The van der Waals surface area contributed by atoms with Gasteiger partial charge >= 0.3 is 0 Å². The van der Waals surface area contributed by atoms with E-state index < -0.39 is 5.91 Å². The van der Waals surface area contributed by atoms with Crippen molar-refractivity contribution in [1.29, 1.82) is 5.26 Å². The zero-order valence-electron chi connectivity index (χ0n) is 14.0. The van der Waals surface area contributed by atoms with E-state index in [-0.39, 0.29) is 5.57 Å². The predicted molar refractivity (Wildman–Crippen MR) is 102 cm³/mol. The maximum atomic E-state index is 12.2. The molecular weight excluding hydrogens is 336 g/mol. The van der Waals surface area contributed by atoms with Crippen molar-refractivity contribution < 1.29 is 4.79 Å². The monoisotopic (exact) mass is 354 g/mol. The van der Waals surface area contributed by atoms with Crippen LogP contribution in [0.3, 0.4) is 0 Å². The number of halogens is 1. The van der Waals surface area contributed by atoms with Gasteiger partial charge in [0.25, 0.3) is 5.91 Å². The molecule has 0 atom stereocenters. The first-order valence-corrected chi connectivity index (χ1v) is 8.11. The third-order valence-electron chi connectivity index (χ3n) is 3.57. The first-order valence-electron chi connectivity index (χ1n) is 7.74. The van der Waals surface area contributed by atoms with Gasteiger partial charge in [-0.25, -0.2) is 0 Å². The molecule has 25 heavy (non-hydrogen) atoms. The SMILES string of the molecule is CC(C)c1ccc(N/C=C(/C#N)C(=O)Nc2ccc(N)cc2Cl)cc1. The van der Waals surface area contributed by atoms with Gasteiger partial charge in [0.1, 0.15) is 11.6 Å². The van der Waals surface area contributed by atoms with Crippen LogP contribution in [0.1, 0.15) is 25.3 Å². The van der Waals surface area contributed by atoms with Gasteiger partial charge in [0, 0.05) is 17.6 Å². The van der Waals surface area contributed by atoms with Crippen molar-refractivity contribution in [3.63, 3.8) is 0 Å². The zero-order valence-corrected chi connectivity index (χ0v) is 14.8. The number of rotatable bonds is 5. The third-order valence-corrected chi connectivity index (χ3v) is 3.88. The van der Waals surface area contributed by atoms with Gasteiger partial charge < -0.3 is 16.4 Å². The molecule has 2 aromatic carbocycles. The van der Waals surface area contributed by atoms with E-state index >= 15 is 0 Å². The Hall–Kier alpha value is -2.97. The Morgan fingerprint density at radius 1 is 1.24 bits per heavy atom. The number of hydrogen-bond donors (Lipinski definition) is 3. The molecule has 6 heteroatoms. The van der Waals surface area contributed by atoms with Gasteiger partial charge in [-0.15, -0.1) is 0 Å². The maximum Gasteiger partial charge on any atom is 0.267 e. The number of nitrogens with two attached hydrogens (primary N) is 1. The number of nitriles is 1. The van der Waals surface area contributed by atoms with Crippen LogP contribution in [-0.2, 0) is 4.79 Å². The first kappa shape index (κ1) is 18.4. The number of anilines is 3. The summed E-state index contributed by atoms with van der Waals surface area (Å²) in [4.78, 5) is 12.2. The Kier molecular flexibility index (Phi) is 6.04. The Morgan fingerprint density at radius 2 is 1.92 bits per heavy atom. The normalized spacial score (nSPS) is 11.1. The molecule has 0 aliphatic rings. The molecule has 0 bridgehead atoms. The summed E-state index contributed by atoms with van der Waals surface area (Å²) < 4.78 is 0. The highest BCUT2D eigenvalue weighted by Crippen LogP contribution is 2.24. The number of benzene rings is 2. The highest BCUT2D eigenvalue weighted by molar-refractivity contribution is 6.34. The van der Waals surface area contributed by atoms with E-state index in [2.05, 4.69) is 24.5 Å². The number of hydrogen-bond acceptors (Lipinski definition) is 4. The third kappa shape index (κ3) is 5.00. The lowest BCUT2D eigenvalue weighted by Crippen LogP contribution is -2.15. The average molecular weight is 355 g/mol. The van der Waals surface area contributed by atoms with Gasteiger partial charge in [0.15, 0.2) is 0 Å². The lowest BCUT2D eigenvalue weighted by Gasteiger charge is -2.08. The second-order valence-corrected chi connectivity index (χ2v) is 6.19. The van der Waals surface area contributed by atoms with Crippen molar-refractivity contribution in [2.24, 2.45) is 0 Å². The van der Waals surface area contributed by atoms with Crippen molar-refractivity contribution in [3.8, 4) is 6.07 Å². The summed E-state index contributed by atoms with van der Waals surface area (Å²) >= 11 is 6.02. The summed E-state index contributed by atoms with van der Waals surface area (Å²) in [5.74, 6) is -0.116. The van der Waals surface area contributed by atoms with Crippen LogP contribution < -0.4 is 16.4 Å². The Balaban J connectivity index is 2.08. The van der Waals surface area contributed by atoms with Gasteiger partial charge in [0.2, 0.25) is 0 Å². The van der Waals surface area contributed by atoms with Crippen molar-refractivity contribution in [1.82, 2.24) is 0 Å². The van der Waals surface area contributed by atoms with Crippen molar-refractivity contribution in [2.75, 3.05) is 16.4 Å². The van der Waals surface area contributed by atoms with E-state index in [1.807, 2.05) is 30.3 Å². The molecule has 0 unspecified atom stereocenters. The molecule has 0 saturated heterocycles. The van der Waals surface area contributed by atoms with Gasteiger partial charge in [-0.2, -0.15) is 5.26 Å². The van der Waals surface area contributed by atoms with Crippen molar-refractivity contribution in [3.05, 3.63) is 64.8 Å². The molecule has 0 aliphatic carbocycles. The molecular formula is C19H19ClN4O. The van der Waals surface area contributed by atoms with E-state index in [0.29, 0.717) is 22.3 Å². The fraction of sp³-hybridized carbons (Fsp3) is 0.158. The Morgan fingerprint density at radius 3 is 2.48 bits per heavy atom. The summed E-state index contributed by atoms with van der Waals surface area (Å²) in [6, 6.07) is 14.4. The van der Waals surface area contributed by atoms with Crippen LogP contribution in [0.5, 0.6) is 0 Å². The quantitative estimate of drug-likeness (QED) is 0.418. The van der Waals surface area contributed by atoms with E-state index in [9.17, 15) is 10.1 Å². The number of amides is 1. The summed E-state index contributed by atoms with van der Waals surface area (Å²) in [5.41, 5.74) is 8.43. The fourth-order valence-electron chi connectivity index (χ4n) is 2.09. The molecule has 0 heterocycles. The van der Waals surface area contributed by atoms with Crippen molar-refractivity contribution >= 4 is 34.6 Å². The molecule has 2 aromatic rings. The molecule has 2 rings (SSSR count). The van der Waals surface area contributed by atoms with Gasteiger partial charge in [-0.3, -0.25) is 4.79 Å². The van der Waals surface area contributed by atoms with Gasteiger partial charge in [-0.1, -0.05) is 37.6 Å². The fourth-order valence-corrected chi connectivity index (χ4v) is 2.33. The number of carbonyl (C=O) groups is 1. The molecule has 0 aliphatic heterocycles. The summed E-state index contributed by atoms with van der Waals surface area (Å²) in [6.07, 6.45) is 1.37. The molecule has 1 amide bonds. The standard InChI is InChI=1S/C19H19ClN4O/c1-12(2)13-3-6-16(7-4-13)23-11-14(10-21)19(25)24-18-8-5-15(22)9-17(18)20/h3-9,11-12,23H,22H2,1-2H3,(H,24,25)/b14-11-. The smallest absolute Gasteiger partial charge is 0.267 e. The number of carbonyl (C=O) groups excluding carboxylic acids is 1. The molecule has 128 valence electrons. The minimum Gasteiger partial charge on any atom is -0.399 e. The molecule has 0 aromatic heterocycles. The average Bonchev–Trinajstić information content (AvgIpc) is 2.58. The molecule has 0 radical (unpaired) electrons. The second-order valence-electron chi connectivity index (χ2n) is 5.78. The minimum atomic E-state index is -0.555. The molecule has 5 nitrogen and oxygen atoms in total. The first-order chi connectivity index (χ1) is 11.9. The highest BCUT2D eigenvalue weighted by atomic mass is 35.5. The van der Waals surface area contributed by atoms with Crippen LogP contribution in [0.4, 0.5) is 17.1 Å². The minimum absolute atomic E-state index is 0.0687. The van der Waals surface area contributed by atoms with Gasteiger partial charge in [0.05, 0.1) is 10.7 Å². The van der Waals surface area contributed by atoms with E-state index in [1.165, 1.54) is 17.8 Å². The van der Waals surface area contributed by atoms with Crippen LogP contribution in [0.15, 0.2) is 54.2 Å². The van der Waals surface area contributed by atoms with Gasteiger partial charge in [-0.05, 0) is 41.8 Å². The number of nitrogens with one attached hydrogen (secondary N) is 2. The molecule has 4 N–H and O–H groups in total. The van der Waals surface area contributed by atoms with E-state index in [1.54, 1.807) is 12.1 Å². The molecule has 0 fully saturated rings. The van der Waals surface area contributed by atoms with Crippen LogP contribution in [0.2, 0.25) is 5.02 Å². The predicted octanol–water partition coefficient (Wildman–Crippen LogP) is 4.50. The largest absolute Gasteiger partial charge is 0.399 e. The molecule has 0 spiro atoms. The number of nitrogen functional groups attached to an aromatic ring is 1. The maximum absolute atomic E-state index is 12.2. The lowest BCUT2D eigenvalue weighted by atomic mass is 10.0. The summed E-state index contributed by atoms with van der Waals surface area (Å²) in [6.45, 7) is 4.23. The second kappa shape index (κ2) is 8.22. The summed E-state index contributed by atoms with van der Waals surface area (Å²) in [5, 5.41) is 15.1. The van der Waals surface area contributed by atoms with Crippen LogP contribution in [0, 0.1) is 11.3 Å². The van der Waals surface area contributed by atoms with Crippen molar-refractivity contribution in [2.45, 2.75) is 19.8 Å². The van der Waals surface area contributed by atoms with Crippen LogP contribution in [-0.4, -0.2) is 5.91 Å². The van der Waals surface area contributed by atoms with Crippen LogP contribution in [0.25, 0.3) is 0 Å². The zero-order chi connectivity index (χ0) is 18.4. The Bertz CT molecular complexity index is 835. The summed E-state index contributed by atoms with van der Waals surface area (Å²) in [7, 11) is 0. The van der Waals surface area contributed by atoms with E-state index in [4.69, 9.17) is 17.3 Å². The lowest BCUT2D eigenvalue weighted by molar-refractivity contribution is -0.112. The van der Waals surface area contributed by atoms with Crippen LogP contribution >= 0.6 is 11.6 Å². The topological polar surface area (TPSA) is 90.9 Å². The highest BCUT2D eigenvalue weighted by Gasteiger charge is 2.11. The number of nitrogens with zero attached hydrogens (tertiary/aromatic N) is 1. The molecule has 0 saturated carbocycles. The van der Waals surface area contributed by atoms with E-state index in [0.717, 1.165) is 5.69 Å². The Labute approximate surface area is 152 Å².